The van der Waals surface area contributed by atoms with Gasteiger partial charge >= 0.3 is 0 Å². The van der Waals surface area contributed by atoms with Crippen molar-refractivity contribution in [2.75, 3.05) is 9.80 Å². The van der Waals surface area contributed by atoms with Crippen molar-refractivity contribution in [2.24, 2.45) is 0 Å². The number of aryl methyl sites for hydroxylation is 2. The summed E-state index contributed by atoms with van der Waals surface area (Å²) in [5, 5.41) is 15.1. The molecule has 0 unspecified atom stereocenters. The molecule has 0 radical (unpaired) electrons. The summed E-state index contributed by atoms with van der Waals surface area (Å²) in [5.74, 6) is 0. The van der Waals surface area contributed by atoms with E-state index in [9.17, 15) is 0 Å². The Bertz CT molecular complexity index is 4530. The van der Waals surface area contributed by atoms with Crippen LogP contribution in [0.1, 0.15) is 63.8 Å². The summed E-state index contributed by atoms with van der Waals surface area (Å²) in [6, 6.07) is 78.0. The van der Waals surface area contributed by atoms with Gasteiger partial charge in [-0.3, -0.25) is 0 Å². The molecule has 15 aromatic rings. The van der Waals surface area contributed by atoms with Gasteiger partial charge in [0.1, 0.15) is 0 Å². The standard InChI is InChI=1S/C72H58N4/c1-43-25-31-47(32-26-43)73(61-37-29-45-17-9-11-19-49(45)67(61)71(3,4)5)59-39-35-51-55-41-64-56(42-63(55)75-57-23-15-13-21-53(57)65(59)69(51)75)52-36-40-60(66-54-22-14-16-24-58(54)76(64)70(52)66)74(48-33-27-44(2)28-34-48)62-38-30-46-18-10-12-20-50(46)68(62)72(6,7)8/h9-42H,1-8H3. The highest BCUT2D eigenvalue weighted by Gasteiger charge is 2.32. The molecule has 0 bridgehead atoms. The van der Waals surface area contributed by atoms with Crippen molar-refractivity contribution in [1.82, 2.24) is 8.80 Å². The average Bonchev–Trinajstić information content (AvgIpc) is 4.33. The van der Waals surface area contributed by atoms with E-state index in [0.717, 1.165) is 11.4 Å². The number of hydrogen-bond acceptors (Lipinski definition) is 2. The predicted molar refractivity (Wildman–Crippen MR) is 327 cm³/mol. The van der Waals surface area contributed by atoms with Gasteiger partial charge in [-0.1, -0.05) is 186 Å². The zero-order valence-corrected chi connectivity index (χ0v) is 44.4. The number of anilines is 6. The third-order valence-electron chi connectivity index (χ3n) is 16.6. The Morgan fingerprint density at radius 3 is 1.05 bits per heavy atom. The number of fused-ring (bicyclic) bond motifs is 14. The molecule has 0 amide bonds. The first-order valence-electron chi connectivity index (χ1n) is 26.9. The van der Waals surface area contributed by atoms with Gasteiger partial charge in [-0.15, -0.1) is 0 Å². The number of nitrogens with zero attached hydrogens (tertiary/aromatic N) is 4. The van der Waals surface area contributed by atoms with Gasteiger partial charge in [0, 0.05) is 54.5 Å². The van der Waals surface area contributed by atoms with E-state index in [4.69, 9.17) is 0 Å². The highest BCUT2D eigenvalue weighted by molar-refractivity contribution is 6.32. The Morgan fingerprint density at radius 2 is 0.658 bits per heavy atom. The van der Waals surface area contributed by atoms with E-state index in [1.807, 2.05) is 0 Å². The molecule has 366 valence electrons. The van der Waals surface area contributed by atoms with Crippen LogP contribution in [0.2, 0.25) is 0 Å². The van der Waals surface area contributed by atoms with Crippen LogP contribution < -0.4 is 9.80 Å². The SMILES string of the molecule is Cc1ccc(N(c2ccc3ccccc3c2C(C)(C)C)c2ccc3c4cc5c(cc4n4c6ccccc6c2c34)c2ccc(N(c3ccc(C)cc3)c3ccc4ccccc4c3C(C)(C)C)c3c4ccccc4n5c23)cc1. The molecule has 4 heteroatoms. The minimum atomic E-state index is -0.146. The lowest BCUT2D eigenvalue weighted by atomic mass is 9.81. The van der Waals surface area contributed by atoms with E-state index >= 15 is 0 Å². The van der Waals surface area contributed by atoms with Crippen molar-refractivity contribution < 1.29 is 0 Å². The predicted octanol–water partition coefficient (Wildman–Crippen LogP) is 20.4. The van der Waals surface area contributed by atoms with Crippen molar-refractivity contribution in [2.45, 2.75) is 66.2 Å². The van der Waals surface area contributed by atoms with Gasteiger partial charge < -0.3 is 18.6 Å². The molecule has 4 nitrogen and oxygen atoms in total. The Balaban J connectivity index is 1.03. The zero-order chi connectivity index (χ0) is 51.5. The normalized spacial score (nSPS) is 12.7. The maximum atomic E-state index is 2.57. The minimum absolute atomic E-state index is 0.146. The zero-order valence-electron chi connectivity index (χ0n) is 44.4. The molecule has 0 aliphatic carbocycles. The molecule has 0 fully saturated rings. The van der Waals surface area contributed by atoms with Crippen molar-refractivity contribution >= 4 is 132 Å². The number of rotatable bonds is 6. The fraction of sp³-hybridized carbons (Fsp3) is 0.139. The van der Waals surface area contributed by atoms with Crippen molar-refractivity contribution in [3.63, 3.8) is 0 Å². The first-order chi connectivity index (χ1) is 36.8. The third-order valence-corrected chi connectivity index (χ3v) is 16.6. The third kappa shape index (κ3) is 6.25. The molecular formula is C72H58N4. The first-order valence-corrected chi connectivity index (χ1v) is 26.9. The molecule has 0 saturated carbocycles. The summed E-state index contributed by atoms with van der Waals surface area (Å²) in [5.41, 5.74) is 19.3. The lowest BCUT2D eigenvalue weighted by molar-refractivity contribution is 0.596. The van der Waals surface area contributed by atoms with Gasteiger partial charge in [-0.2, -0.15) is 0 Å². The summed E-state index contributed by atoms with van der Waals surface area (Å²) in [7, 11) is 0. The van der Waals surface area contributed by atoms with Crippen LogP contribution in [0, 0.1) is 13.8 Å². The smallest absolute Gasteiger partial charge is 0.0641 e. The molecule has 0 saturated heterocycles. The fourth-order valence-corrected chi connectivity index (χ4v) is 13.5. The monoisotopic (exact) mass is 978 g/mol. The van der Waals surface area contributed by atoms with E-state index in [2.05, 4.69) is 280 Å². The minimum Gasteiger partial charge on any atom is -0.309 e. The molecule has 0 atom stereocenters. The molecule has 0 aliphatic rings. The van der Waals surface area contributed by atoms with Gasteiger partial charge in [0.05, 0.1) is 55.8 Å². The Kier molecular flexibility index (Phi) is 9.29. The van der Waals surface area contributed by atoms with Crippen LogP contribution in [-0.4, -0.2) is 8.80 Å². The molecule has 4 aromatic heterocycles. The summed E-state index contributed by atoms with van der Waals surface area (Å²) in [6.07, 6.45) is 0. The average molecular weight is 979 g/mol. The molecule has 76 heavy (non-hydrogen) atoms. The van der Waals surface area contributed by atoms with Crippen molar-refractivity contribution in [1.29, 1.82) is 0 Å². The lowest BCUT2D eigenvalue weighted by Crippen LogP contribution is -2.20. The molecule has 15 rings (SSSR count). The molecule has 0 N–H and O–H groups in total. The largest absolute Gasteiger partial charge is 0.309 e. The second-order valence-corrected chi connectivity index (χ2v) is 23.5. The Morgan fingerprint density at radius 1 is 0.303 bits per heavy atom. The molecule has 4 heterocycles. The number of para-hydroxylation sites is 2. The summed E-state index contributed by atoms with van der Waals surface area (Å²) in [4.78, 5) is 5.09. The molecule has 0 spiro atoms. The number of aromatic nitrogens is 2. The topological polar surface area (TPSA) is 15.3 Å². The van der Waals surface area contributed by atoms with Crippen molar-refractivity contribution in [3.8, 4) is 0 Å². The van der Waals surface area contributed by atoms with E-state index in [1.54, 1.807) is 0 Å². The second kappa shape index (κ2) is 15.8. The van der Waals surface area contributed by atoms with Crippen LogP contribution in [0.3, 0.4) is 0 Å². The highest BCUT2D eigenvalue weighted by atomic mass is 15.2. The van der Waals surface area contributed by atoms with Crippen LogP contribution in [0.5, 0.6) is 0 Å². The molecule has 11 aromatic carbocycles. The van der Waals surface area contributed by atoms with Gasteiger partial charge in [0.2, 0.25) is 0 Å². The van der Waals surface area contributed by atoms with Crippen LogP contribution in [-0.2, 0) is 10.8 Å². The first kappa shape index (κ1) is 44.6. The quantitative estimate of drug-likeness (QED) is 0.165. The Hall–Kier alpha value is -8.86. The maximum Gasteiger partial charge on any atom is 0.0641 e. The number of hydrogen-bond donors (Lipinski definition) is 0. The summed E-state index contributed by atoms with van der Waals surface area (Å²) in [6.45, 7) is 18.5. The van der Waals surface area contributed by atoms with Crippen LogP contribution >= 0.6 is 0 Å². The van der Waals surface area contributed by atoms with Crippen LogP contribution in [0.25, 0.3) is 97.7 Å². The summed E-state index contributed by atoms with van der Waals surface area (Å²) < 4.78 is 5.14. The highest BCUT2D eigenvalue weighted by Crippen LogP contribution is 2.54. The van der Waals surface area contributed by atoms with E-state index < -0.39 is 0 Å². The maximum absolute atomic E-state index is 2.57. The molecular weight excluding hydrogens is 921 g/mol. The van der Waals surface area contributed by atoms with E-state index in [-0.39, 0.29) is 10.8 Å². The fourth-order valence-electron chi connectivity index (χ4n) is 13.5. The molecule has 0 aliphatic heterocycles. The van der Waals surface area contributed by atoms with Gasteiger partial charge in [-0.25, -0.2) is 0 Å². The van der Waals surface area contributed by atoms with Gasteiger partial charge in [-0.05, 0) is 130 Å². The van der Waals surface area contributed by atoms with Crippen molar-refractivity contribution in [3.05, 3.63) is 229 Å². The van der Waals surface area contributed by atoms with Gasteiger partial charge in [0.25, 0.3) is 0 Å². The summed E-state index contributed by atoms with van der Waals surface area (Å²) >= 11 is 0. The van der Waals surface area contributed by atoms with Crippen LogP contribution in [0.4, 0.5) is 34.1 Å². The lowest BCUT2D eigenvalue weighted by Gasteiger charge is -2.33. The second-order valence-electron chi connectivity index (χ2n) is 23.5. The Labute approximate surface area is 442 Å². The van der Waals surface area contributed by atoms with Gasteiger partial charge in [0.15, 0.2) is 0 Å². The van der Waals surface area contributed by atoms with E-state index in [0.29, 0.717) is 0 Å². The van der Waals surface area contributed by atoms with E-state index in [1.165, 1.54) is 143 Å². The van der Waals surface area contributed by atoms with Crippen LogP contribution in [0.15, 0.2) is 206 Å². The number of benzene rings is 11.